The Labute approximate surface area is 111 Å². The second-order valence-electron chi connectivity index (χ2n) is 3.75. The highest BCUT2D eigenvalue weighted by atomic mass is 16.5. The number of urea groups is 1. The van der Waals surface area contributed by atoms with Crippen molar-refractivity contribution in [3.05, 3.63) is 35.9 Å². The van der Waals surface area contributed by atoms with Gasteiger partial charge in [-0.25, -0.2) is 9.59 Å². The molecule has 1 aromatic carbocycles. The summed E-state index contributed by atoms with van der Waals surface area (Å²) in [5.74, 6) is -1.28. The van der Waals surface area contributed by atoms with Crippen molar-refractivity contribution in [1.29, 1.82) is 0 Å². The zero-order valence-electron chi connectivity index (χ0n) is 10.6. The van der Waals surface area contributed by atoms with Crippen LogP contribution in [0.25, 0.3) is 0 Å². The molecule has 0 radical (unpaired) electrons. The number of rotatable bonds is 5. The van der Waals surface area contributed by atoms with Crippen LogP contribution in [-0.4, -0.2) is 31.1 Å². The minimum Gasteiger partial charge on any atom is -0.452 e. The SMILES string of the molecule is CCCNC(=O)NC(=O)COC(=O)c1ccccc1. The molecule has 0 heterocycles. The van der Waals surface area contributed by atoms with Crippen LogP contribution in [0.4, 0.5) is 4.79 Å². The van der Waals surface area contributed by atoms with Gasteiger partial charge in [-0.2, -0.15) is 0 Å². The number of nitrogens with one attached hydrogen (secondary N) is 2. The van der Waals surface area contributed by atoms with E-state index in [1.807, 2.05) is 6.92 Å². The molecule has 3 amide bonds. The Balaban J connectivity index is 2.30. The fraction of sp³-hybridized carbons (Fsp3) is 0.308. The lowest BCUT2D eigenvalue weighted by Crippen LogP contribution is -2.41. The van der Waals surface area contributed by atoms with Crippen LogP contribution in [0.1, 0.15) is 23.7 Å². The molecule has 6 heteroatoms. The summed E-state index contributed by atoms with van der Waals surface area (Å²) < 4.78 is 4.76. The zero-order chi connectivity index (χ0) is 14.1. The first kappa shape index (κ1) is 14.7. The van der Waals surface area contributed by atoms with Crippen molar-refractivity contribution >= 4 is 17.9 Å². The smallest absolute Gasteiger partial charge is 0.338 e. The van der Waals surface area contributed by atoms with E-state index in [2.05, 4.69) is 10.6 Å². The molecule has 0 aromatic heterocycles. The van der Waals surface area contributed by atoms with Crippen LogP contribution in [0, 0.1) is 0 Å². The van der Waals surface area contributed by atoms with E-state index in [0.29, 0.717) is 12.1 Å². The summed E-state index contributed by atoms with van der Waals surface area (Å²) in [6.45, 7) is 1.87. The molecule has 102 valence electrons. The first-order chi connectivity index (χ1) is 9.13. The van der Waals surface area contributed by atoms with Gasteiger partial charge in [-0.1, -0.05) is 25.1 Å². The molecule has 0 spiro atoms. The number of amides is 3. The van der Waals surface area contributed by atoms with Gasteiger partial charge in [0.2, 0.25) is 0 Å². The second kappa shape index (κ2) is 7.86. The highest BCUT2D eigenvalue weighted by Crippen LogP contribution is 2.00. The predicted octanol–water partition coefficient (Wildman–Crippen LogP) is 1.08. The van der Waals surface area contributed by atoms with Gasteiger partial charge in [-0.15, -0.1) is 0 Å². The minimum atomic E-state index is -0.669. The summed E-state index contributed by atoms with van der Waals surface area (Å²) in [7, 11) is 0. The third-order valence-corrected chi connectivity index (χ3v) is 2.13. The van der Waals surface area contributed by atoms with E-state index < -0.39 is 24.5 Å². The van der Waals surface area contributed by atoms with Crippen molar-refractivity contribution < 1.29 is 19.1 Å². The molecule has 2 N–H and O–H groups in total. The van der Waals surface area contributed by atoms with E-state index in [0.717, 1.165) is 6.42 Å². The summed E-state index contributed by atoms with van der Waals surface area (Å²) in [4.78, 5) is 34.0. The van der Waals surface area contributed by atoms with E-state index in [1.54, 1.807) is 30.3 Å². The number of hydrogen-bond acceptors (Lipinski definition) is 4. The molecule has 0 saturated carbocycles. The maximum atomic E-state index is 11.5. The fourth-order valence-electron chi connectivity index (χ4n) is 1.23. The lowest BCUT2D eigenvalue weighted by atomic mass is 10.2. The first-order valence-electron chi connectivity index (χ1n) is 5.93. The fourth-order valence-corrected chi connectivity index (χ4v) is 1.23. The van der Waals surface area contributed by atoms with Gasteiger partial charge in [-0.3, -0.25) is 10.1 Å². The highest BCUT2D eigenvalue weighted by molar-refractivity contribution is 5.96. The van der Waals surface area contributed by atoms with Gasteiger partial charge < -0.3 is 10.1 Å². The van der Waals surface area contributed by atoms with Crippen LogP contribution in [0.3, 0.4) is 0 Å². The van der Waals surface area contributed by atoms with Gasteiger partial charge in [0, 0.05) is 6.54 Å². The average molecular weight is 264 g/mol. The standard InChI is InChI=1S/C13H16N2O4/c1-2-8-14-13(18)15-11(16)9-19-12(17)10-6-4-3-5-7-10/h3-7H,2,8-9H2,1H3,(H2,14,15,16,18). The average Bonchev–Trinajstić information content (AvgIpc) is 2.43. The van der Waals surface area contributed by atoms with Gasteiger partial charge in [0.05, 0.1) is 5.56 Å². The van der Waals surface area contributed by atoms with Crippen molar-refractivity contribution in [2.45, 2.75) is 13.3 Å². The van der Waals surface area contributed by atoms with E-state index in [-0.39, 0.29) is 0 Å². The molecule has 6 nitrogen and oxygen atoms in total. The Morgan fingerprint density at radius 2 is 1.84 bits per heavy atom. The molecule has 0 unspecified atom stereocenters. The molecular formula is C13H16N2O4. The molecule has 1 rings (SSSR count). The summed E-state index contributed by atoms with van der Waals surface area (Å²) in [6.07, 6.45) is 0.768. The molecule has 1 aromatic rings. The van der Waals surface area contributed by atoms with Crippen LogP contribution < -0.4 is 10.6 Å². The topological polar surface area (TPSA) is 84.5 Å². The quantitative estimate of drug-likeness (QED) is 0.779. The maximum Gasteiger partial charge on any atom is 0.338 e. The summed E-state index contributed by atoms with van der Waals surface area (Å²) in [5.41, 5.74) is 0.353. The van der Waals surface area contributed by atoms with Gasteiger partial charge in [0.25, 0.3) is 5.91 Å². The van der Waals surface area contributed by atoms with E-state index in [9.17, 15) is 14.4 Å². The Morgan fingerprint density at radius 1 is 1.16 bits per heavy atom. The van der Waals surface area contributed by atoms with Gasteiger partial charge >= 0.3 is 12.0 Å². The second-order valence-corrected chi connectivity index (χ2v) is 3.75. The third-order valence-electron chi connectivity index (χ3n) is 2.13. The van der Waals surface area contributed by atoms with Crippen LogP contribution in [-0.2, 0) is 9.53 Å². The predicted molar refractivity (Wildman–Crippen MR) is 68.6 cm³/mol. The summed E-state index contributed by atoms with van der Waals surface area (Å²) >= 11 is 0. The third kappa shape index (κ3) is 5.67. The Morgan fingerprint density at radius 3 is 2.47 bits per heavy atom. The number of imide groups is 1. The molecule has 0 saturated heterocycles. The van der Waals surface area contributed by atoms with E-state index in [1.165, 1.54) is 0 Å². The Bertz CT molecular complexity index is 445. The summed E-state index contributed by atoms with van der Waals surface area (Å²) in [6, 6.07) is 7.70. The number of hydrogen-bond donors (Lipinski definition) is 2. The Kier molecular flexibility index (Phi) is 6.08. The van der Waals surface area contributed by atoms with E-state index >= 15 is 0 Å². The monoisotopic (exact) mass is 264 g/mol. The number of benzene rings is 1. The van der Waals surface area contributed by atoms with Gasteiger partial charge in [0.15, 0.2) is 6.61 Å². The number of carbonyl (C=O) groups excluding carboxylic acids is 3. The summed E-state index contributed by atoms with van der Waals surface area (Å²) in [5, 5.41) is 4.53. The molecule has 0 aliphatic rings. The highest BCUT2D eigenvalue weighted by Gasteiger charge is 2.11. The van der Waals surface area contributed by atoms with Crippen molar-refractivity contribution in [2.24, 2.45) is 0 Å². The van der Waals surface area contributed by atoms with Crippen molar-refractivity contribution in [3.63, 3.8) is 0 Å². The van der Waals surface area contributed by atoms with Gasteiger partial charge in [-0.05, 0) is 18.6 Å². The number of carbonyl (C=O) groups is 3. The molecular weight excluding hydrogens is 248 g/mol. The molecule has 19 heavy (non-hydrogen) atoms. The van der Waals surface area contributed by atoms with Crippen LogP contribution in [0.15, 0.2) is 30.3 Å². The molecule has 0 fully saturated rings. The number of esters is 1. The van der Waals surface area contributed by atoms with Crippen molar-refractivity contribution in [1.82, 2.24) is 10.6 Å². The lowest BCUT2D eigenvalue weighted by molar-refractivity contribution is -0.123. The maximum absolute atomic E-state index is 11.5. The van der Waals surface area contributed by atoms with Crippen LogP contribution >= 0.6 is 0 Å². The molecule has 0 aliphatic heterocycles. The minimum absolute atomic E-state index is 0.353. The van der Waals surface area contributed by atoms with Gasteiger partial charge in [0.1, 0.15) is 0 Å². The van der Waals surface area contributed by atoms with E-state index in [4.69, 9.17) is 4.74 Å². The lowest BCUT2D eigenvalue weighted by Gasteiger charge is -2.06. The van der Waals surface area contributed by atoms with Crippen molar-refractivity contribution in [2.75, 3.05) is 13.2 Å². The normalized spacial score (nSPS) is 9.53. The first-order valence-corrected chi connectivity index (χ1v) is 5.93. The molecule has 0 bridgehead atoms. The zero-order valence-corrected chi connectivity index (χ0v) is 10.6. The molecule has 0 aliphatic carbocycles. The van der Waals surface area contributed by atoms with Crippen LogP contribution in [0.2, 0.25) is 0 Å². The largest absolute Gasteiger partial charge is 0.452 e. The number of ether oxygens (including phenoxy) is 1. The van der Waals surface area contributed by atoms with Crippen LogP contribution in [0.5, 0.6) is 0 Å². The Hall–Kier alpha value is -2.37. The molecule has 0 atom stereocenters. The van der Waals surface area contributed by atoms with Crippen molar-refractivity contribution in [3.8, 4) is 0 Å².